The number of methoxy groups -OCH3 is 1. The molecule has 0 radical (unpaired) electrons. The number of nitrogens with two attached hydrogens (primary N) is 1. The van der Waals surface area contributed by atoms with Gasteiger partial charge in [0, 0.05) is 6.54 Å². The molecule has 1 fully saturated rings. The number of hydrazine groups is 1. The number of carbonyl (C=O) groups excluding carboxylic acids is 2. The van der Waals surface area contributed by atoms with E-state index in [1.165, 1.54) is 12.0 Å². The molecule has 1 unspecified atom stereocenters. The minimum Gasteiger partial charge on any atom is -0.453 e. The van der Waals surface area contributed by atoms with Gasteiger partial charge in [-0.2, -0.15) is 0 Å². The van der Waals surface area contributed by atoms with E-state index in [2.05, 4.69) is 4.74 Å². The van der Waals surface area contributed by atoms with E-state index in [1.807, 2.05) is 5.43 Å². The fourth-order valence-corrected chi connectivity index (χ4v) is 1.09. The number of amides is 2. The molecule has 0 saturated carbocycles. The van der Waals surface area contributed by atoms with Crippen LogP contribution in [0.15, 0.2) is 0 Å². The van der Waals surface area contributed by atoms with Crippen molar-refractivity contribution in [3.8, 4) is 0 Å². The van der Waals surface area contributed by atoms with Crippen molar-refractivity contribution in [1.82, 2.24) is 10.3 Å². The van der Waals surface area contributed by atoms with Crippen molar-refractivity contribution >= 4 is 12.0 Å². The van der Waals surface area contributed by atoms with E-state index in [0.29, 0.717) is 13.0 Å². The van der Waals surface area contributed by atoms with Gasteiger partial charge in [-0.15, -0.1) is 0 Å². The highest BCUT2D eigenvalue weighted by Crippen LogP contribution is 2.17. The molecule has 0 aromatic carbocycles. The van der Waals surface area contributed by atoms with Gasteiger partial charge in [-0.1, -0.05) is 0 Å². The Morgan fingerprint density at radius 1 is 1.67 bits per heavy atom. The zero-order valence-electron chi connectivity index (χ0n) is 6.74. The molecule has 1 heterocycles. The summed E-state index contributed by atoms with van der Waals surface area (Å²) in [6.45, 7) is 0.546. The Hall–Kier alpha value is -1.30. The van der Waals surface area contributed by atoms with Gasteiger partial charge in [0.05, 0.1) is 7.11 Å². The van der Waals surface area contributed by atoms with Gasteiger partial charge in [-0.25, -0.2) is 10.6 Å². The van der Waals surface area contributed by atoms with Crippen molar-refractivity contribution in [3.05, 3.63) is 0 Å². The number of carbonyl (C=O) groups is 2. The highest BCUT2D eigenvalue weighted by molar-refractivity contribution is 5.86. The molecule has 12 heavy (non-hydrogen) atoms. The van der Waals surface area contributed by atoms with Gasteiger partial charge in [0.15, 0.2) is 0 Å². The molecule has 6 heteroatoms. The second kappa shape index (κ2) is 3.40. The summed E-state index contributed by atoms with van der Waals surface area (Å²) in [5.41, 5.74) is 1.99. The van der Waals surface area contributed by atoms with Gasteiger partial charge in [0.1, 0.15) is 6.04 Å². The molecule has 68 valence electrons. The first-order valence-corrected chi connectivity index (χ1v) is 3.55. The molecule has 0 aliphatic carbocycles. The van der Waals surface area contributed by atoms with Crippen molar-refractivity contribution in [2.45, 2.75) is 12.5 Å². The van der Waals surface area contributed by atoms with Crippen LogP contribution in [-0.4, -0.2) is 36.6 Å². The van der Waals surface area contributed by atoms with E-state index in [-0.39, 0.29) is 5.91 Å². The van der Waals surface area contributed by atoms with Gasteiger partial charge >= 0.3 is 6.09 Å². The van der Waals surface area contributed by atoms with E-state index in [4.69, 9.17) is 5.84 Å². The molecule has 1 aliphatic rings. The van der Waals surface area contributed by atoms with E-state index in [9.17, 15) is 9.59 Å². The van der Waals surface area contributed by atoms with Gasteiger partial charge in [-0.05, 0) is 6.42 Å². The largest absolute Gasteiger partial charge is 0.453 e. The Kier molecular flexibility index (Phi) is 2.49. The lowest BCUT2D eigenvalue weighted by molar-refractivity contribution is -0.129. The summed E-state index contributed by atoms with van der Waals surface area (Å²) >= 11 is 0. The van der Waals surface area contributed by atoms with E-state index < -0.39 is 12.1 Å². The second-order valence-electron chi connectivity index (χ2n) is 2.48. The predicted octanol–water partition coefficient (Wildman–Crippen LogP) is -1.18. The number of hydrogen-bond donors (Lipinski definition) is 2. The first-order chi connectivity index (χ1) is 5.70. The standard InChI is InChI=1S/C6H11N3O3/c1-12-6(11)9-3-2-4(9)5(10)8-7/h4H,2-3,7H2,1H3,(H,8,10). The topological polar surface area (TPSA) is 84.7 Å². The second-order valence-corrected chi connectivity index (χ2v) is 2.48. The van der Waals surface area contributed by atoms with Crippen LogP contribution in [0.3, 0.4) is 0 Å². The van der Waals surface area contributed by atoms with Crippen LogP contribution in [0.5, 0.6) is 0 Å². The number of nitrogens with zero attached hydrogens (tertiary/aromatic N) is 1. The summed E-state index contributed by atoms with van der Waals surface area (Å²) in [7, 11) is 1.28. The highest BCUT2D eigenvalue weighted by atomic mass is 16.5. The van der Waals surface area contributed by atoms with Crippen molar-refractivity contribution in [1.29, 1.82) is 0 Å². The Bertz CT molecular complexity index is 184. The lowest BCUT2D eigenvalue weighted by Crippen LogP contribution is -2.59. The highest BCUT2D eigenvalue weighted by Gasteiger charge is 2.37. The van der Waals surface area contributed by atoms with Crippen LogP contribution >= 0.6 is 0 Å². The normalized spacial score (nSPS) is 21.2. The number of rotatable bonds is 1. The Morgan fingerprint density at radius 2 is 2.33 bits per heavy atom. The summed E-state index contributed by atoms with van der Waals surface area (Å²) in [4.78, 5) is 23.2. The first-order valence-electron chi connectivity index (χ1n) is 3.55. The summed E-state index contributed by atoms with van der Waals surface area (Å²) in [5.74, 6) is 4.55. The molecule has 0 aromatic heterocycles. The smallest absolute Gasteiger partial charge is 0.410 e. The van der Waals surface area contributed by atoms with E-state index in [1.54, 1.807) is 0 Å². The van der Waals surface area contributed by atoms with E-state index in [0.717, 1.165) is 0 Å². The fraction of sp³-hybridized carbons (Fsp3) is 0.667. The van der Waals surface area contributed by atoms with Crippen LogP contribution in [0.1, 0.15) is 6.42 Å². The third-order valence-corrected chi connectivity index (χ3v) is 1.87. The molecule has 1 rings (SSSR count). The SMILES string of the molecule is COC(=O)N1CCC1C(=O)NN. The van der Waals surface area contributed by atoms with Crippen LogP contribution in [0.2, 0.25) is 0 Å². The minimum absolute atomic E-state index is 0.355. The molecule has 0 aromatic rings. The van der Waals surface area contributed by atoms with Gasteiger partial charge in [0.25, 0.3) is 5.91 Å². The van der Waals surface area contributed by atoms with Gasteiger partial charge in [0.2, 0.25) is 0 Å². The van der Waals surface area contributed by atoms with E-state index >= 15 is 0 Å². The number of ether oxygens (including phenoxy) is 1. The molecule has 0 spiro atoms. The Balaban J connectivity index is 2.49. The maximum absolute atomic E-state index is 10.9. The summed E-state index contributed by atoms with van der Waals surface area (Å²) in [5, 5.41) is 0. The van der Waals surface area contributed by atoms with Crippen LogP contribution < -0.4 is 11.3 Å². The van der Waals surface area contributed by atoms with Gasteiger partial charge in [-0.3, -0.25) is 15.1 Å². The van der Waals surface area contributed by atoms with Crippen LogP contribution in [0, 0.1) is 0 Å². The number of nitrogens with one attached hydrogen (secondary N) is 1. The molecule has 1 aliphatic heterocycles. The Morgan fingerprint density at radius 3 is 2.67 bits per heavy atom. The average molecular weight is 173 g/mol. The fourth-order valence-electron chi connectivity index (χ4n) is 1.09. The first kappa shape index (κ1) is 8.79. The maximum Gasteiger partial charge on any atom is 0.410 e. The zero-order valence-corrected chi connectivity index (χ0v) is 6.74. The number of likely N-dealkylation sites (tertiary alicyclic amines) is 1. The van der Waals surface area contributed by atoms with Gasteiger partial charge < -0.3 is 4.74 Å². The molecule has 1 saturated heterocycles. The van der Waals surface area contributed by atoms with Crippen molar-refractivity contribution in [2.75, 3.05) is 13.7 Å². The molecule has 6 nitrogen and oxygen atoms in total. The Labute approximate surface area is 69.6 Å². The molecule has 2 amide bonds. The summed E-state index contributed by atoms with van der Waals surface area (Å²) in [6, 6.07) is -0.456. The van der Waals surface area contributed by atoms with Crippen LogP contribution in [0.4, 0.5) is 4.79 Å². The van der Waals surface area contributed by atoms with Crippen LogP contribution in [-0.2, 0) is 9.53 Å². The predicted molar refractivity (Wildman–Crippen MR) is 39.8 cm³/mol. The average Bonchev–Trinajstić information content (AvgIpc) is 2.02. The third-order valence-electron chi connectivity index (χ3n) is 1.87. The molecule has 0 bridgehead atoms. The molecule has 1 atom stereocenters. The minimum atomic E-state index is -0.491. The molecular formula is C6H11N3O3. The lowest BCUT2D eigenvalue weighted by atomic mass is 10.0. The monoisotopic (exact) mass is 173 g/mol. The maximum atomic E-state index is 10.9. The van der Waals surface area contributed by atoms with Crippen molar-refractivity contribution < 1.29 is 14.3 Å². The zero-order chi connectivity index (χ0) is 9.14. The van der Waals surface area contributed by atoms with Crippen LogP contribution in [0.25, 0.3) is 0 Å². The molecule has 3 N–H and O–H groups in total. The summed E-state index contributed by atoms with van der Waals surface area (Å²) < 4.78 is 4.45. The summed E-state index contributed by atoms with van der Waals surface area (Å²) in [6.07, 6.45) is 0.146. The quantitative estimate of drug-likeness (QED) is 0.297. The van der Waals surface area contributed by atoms with Crippen molar-refractivity contribution in [3.63, 3.8) is 0 Å². The lowest BCUT2D eigenvalue weighted by Gasteiger charge is -2.37. The molecular weight excluding hydrogens is 162 g/mol. The van der Waals surface area contributed by atoms with Crippen molar-refractivity contribution in [2.24, 2.45) is 5.84 Å². The number of hydrogen-bond acceptors (Lipinski definition) is 4. The third kappa shape index (κ3) is 1.33.